The lowest BCUT2D eigenvalue weighted by Gasteiger charge is -2.30. The van der Waals surface area contributed by atoms with Crippen molar-refractivity contribution in [2.75, 3.05) is 25.6 Å². The molecule has 0 bridgehead atoms. The van der Waals surface area contributed by atoms with Gasteiger partial charge in [0, 0.05) is 13.2 Å². The molecule has 1 aliphatic rings. The number of nitrogens with one attached hydrogen (secondary N) is 1. The fraction of sp³-hybridized carbons (Fsp3) is 0.600. The smallest absolute Gasteiger partial charge is 0.296 e. The van der Waals surface area contributed by atoms with Crippen LogP contribution in [0.2, 0.25) is 0 Å². The lowest BCUT2D eigenvalue weighted by atomic mass is 9.79. The minimum absolute atomic E-state index is 0.0192. The quantitative estimate of drug-likeness (QED) is 0.622. The molecule has 2 rings (SSSR count). The van der Waals surface area contributed by atoms with Crippen LogP contribution in [-0.4, -0.2) is 30.3 Å². The van der Waals surface area contributed by atoms with Crippen molar-refractivity contribution in [2.45, 2.75) is 25.7 Å². The third-order valence-corrected chi connectivity index (χ3v) is 4.26. The highest BCUT2D eigenvalue weighted by Crippen LogP contribution is 2.32. The number of nitro benzene ring substituents is 1. The fourth-order valence-corrected chi connectivity index (χ4v) is 2.97. The van der Waals surface area contributed by atoms with Crippen LogP contribution in [0.5, 0.6) is 5.75 Å². The van der Waals surface area contributed by atoms with Gasteiger partial charge in [-0.3, -0.25) is 10.1 Å². The second-order valence-electron chi connectivity index (χ2n) is 5.51. The highest BCUT2D eigenvalue weighted by atomic mass is 16.6. The first-order chi connectivity index (χ1) is 10.2. The number of anilines is 1. The summed E-state index contributed by atoms with van der Waals surface area (Å²) in [7, 11) is 1.49. The molecule has 2 N–H and O–H groups in total. The van der Waals surface area contributed by atoms with E-state index in [1.54, 1.807) is 12.1 Å². The van der Waals surface area contributed by atoms with E-state index in [1.807, 2.05) is 0 Å². The minimum atomic E-state index is -0.407. The monoisotopic (exact) mass is 294 g/mol. The number of ether oxygens (including phenoxy) is 1. The minimum Gasteiger partial charge on any atom is -0.496 e. The summed E-state index contributed by atoms with van der Waals surface area (Å²) in [6.45, 7) is 0.843. The normalized spacial score (nSPS) is 21.8. The van der Waals surface area contributed by atoms with Gasteiger partial charge in [0.05, 0.1) is 18.1 Å². The second-order valence-corrected chi connectivity index (χ2v) is 5.51. The van der Waals surface area contributed by atoms with Gasteiger partial charge in [-0.2, -0.15) is 0 Å². The third kappa shape index (κ3) is 3.85. The van der Waals surface area contributed by atoms with Crippen molar-refractivity contribution in [2.24, 2.45) is 11.8 Å². The molecular weight excluding hydrogens is 272 g/mol. The zero-order valence-electron chi connectivity index (χ0n) is 12.2. The zero-order valence-corrected chi connectivity index (χ0v) is 12.2. The van der Waals surface area contributed by atoms with E-state index in [0.29, 0.717) is 29.8 Å². The van der Waals surface area contributed by atoms with Gasteiger partial charge in [-0.1, -0.05) is 12.8 Å². The molecule has 1 fully saturated rings. The molecular formula is C15H22N2O4. The lowest BCUT2D eigenvalue weighted by Crippen LogP contribution is -2.28. The number of aliphatic hydroxyl groups excluding tert-OH is 1. The number of methoxy groups -OCH3 is 1. The van der Waals surface area contributed by atoms with Crippen LogP contribution in [0.1, 0.15) is 25.7 Å². The summed E-state index contributed by atoms with van der Waals surface area (Å²) in [6, 6.07) is 4.81. The van der Waals surface area contributed by atoms with Gasteiger partial charge in [0.15, 0.2) is 0 Å². The number of aliphatic hydroxyl groups is 1. The maximum atomic E-state index is 11.1. The molecule has 116 valence electrons. The first-order valence-electron chi connectivity index (χ1n) is 7.33. The molecule has 0 heterocycles. The lowest BCUT2D eigenvalue weighted by molar-refractivity contribution is -0.384. The SMILES string of the molecule is COc1ccc(NCC2CCCCC2CO)c([N+](=O)[O-])c1. The van der Waals surface area contributed by atoms with Crippen LogP contribution in [0.3, 0.4) is 0 Å². The van der Waals surface area contributed by atoms with E-state index in [-0.39, 0.29) is 12.3 Å². The van der Waals surface area contributed by atoms with Crippen molar-refractivity contribution >= 4 is 11.4 Å². The zero-order chi connectivity index (χ0) is 15.2. The van der Waals surface area contributed by atoms with Gasteiger partial charge in [0.25, 0.3) is 5.69 Å². The highest BCUT2D eigenvalue weighted by molar-refractivity contribution is 5.63. The molecule has 0 aliphatic heterocycles. The van der Waals surface area contributed by atoms with Crippen molar-refractivity contribution in [3.8, 4) is 5.75 Å². The Balaban J connectivity index is 2.06. The molecule has 6 heteroatoms. The first kappa shape index (κ1) is 15.6. The van der Waals surface area contributed by atoms with Crippen LogP contribution in [0.25, 0.3) is 0 Å². The van der Waals surface area contributed by atoms with Gasteiger partial charge in [-0.15, -0.1) is 0 Å². The van der Waals surface area contributed by atoms with Crippen molar-refractivity contribution in [3.63, 3.8) is 0 Å². The van der Waals surface area contributed by atoms with Gasteiger partial charge >= 0.3 is 0 Å². The van der Waals surface area contributed by atoms with Gasteiger partial charge in [-0.05, 0) is 36.8 Å². The maximum absolute atomic E-state index is 11.1. The molecule has 0 spiro atoms. The van der Waals surface area contributed by atoms with Crippen LogP contribution in [0.15, 0.2) is 18.2 Å². The van der Waals surface area contributed by atoms with Crippen LogP contribution in [-0.2, 0) is 0 Å². The number of benzene rings is 1. The Morgan fingerprint density at radius 1 is 1.38 bits per heavy atom. The molecule has 0 aromatic heterocycles. The van der Waals surface area contributed by atoms with E-state index in [4.69, 9.17) is 4.74 Å². The number of nitrogens with zero attached hydrogens (tertiary/aromatic N) is 1. The van der Waals surface area contributed by atoms with Crippen LogP contribution < -0.4 is 10.1 Å². The predicted molar refractivity (Wildman–Crippen MR) is 80.7 cm³/mol. The molecule has 1 aromatic carbocycles. The molecule has 0 amide bonds. The van der Waals surface area contributed by atoms with Crippen molar-refractivity contribution in [1.82, 2.24) is 0 Å². The number of nitro groups is 1. The van der Waals surface area contributed by atoms with Gasteiger partial charge in [0.2, 0.25) is 0 Å². The van der Waals surface area contributed by atoms with E-state index in [0.717, 1.165) is 25.7 Å². The second kappa shape index (κ2) is 7.26. The summed E-state index contributed by atoms with van der Waals surface area (Å²) in [4.78, 5) is 10.7. The van der Waals surface area contributed by atoms with Gasteiger partial charge < -0.3 is 15.2 Å². The molecule has 6 nitrogen and oxygen atoms in total. The summed E-state index contributed by atoms with van der Waals surface area (Å²) >= 11 is 0. The molecule has 2 atom stereocenters. The summed E-state index contributed by atoms with van der Waals surface area (Å²) in [5.41, 5.74) is 0.522. The predicted octanol–water partition coefficient (Wildman–Crippen LogP) is 2.81. The number of hydrogen-bond acceptors (Lipinski definition) is 5. The summed E-state index contributed by atoms with van der Waals surface area (Å²) < 4.78 is 5.02. The molecule has 0 saturated heterocycles. The van der Waals surface area contributed by atoms with Gasteiger partial charge in [0.1, 0.15) is 11.4 Å². The Kier molecular flexibility index (Phi) is 5.38. The van der Waals surface area contributed by atoms with Crippen molar-refractivity contribution < 1.29 is 14.8 Å². The summed E-state index contributed by atoms with van der Waals surface area (Å²) in [5.74, 6) is 1.13. The molecule has 21 heavy (non-hydrogen) atoms. The van der Waals surface area contributed by atoms with E-state index in [9.17, 15) is 15.2 Å². The maximum Gasteiger partial charge on any atom is 0.296 e. The molecule has 0 radical (unpaired) electrons. The van der Waals surface area contributed by atoms with E-state index in [1.165, 1.54) is 13.2 Å². The van der Waals surface area contributed by atoms with E-state index < -0.39 is 4.92 Å². The Hall–Kier alpha value is -1.82. The first-order valence-corrected chi connectivity index (χ1v) is 7.33. The van der Waals surface area contributed by atoms with Crippen LogP contribution in [0, 0.1) is 22.0 Å². The topological polar surface area (TPSA) is 84.6 Å². The number of rotatable bonds is 6. The Morgan fingerprint density at radius 2 is 2.10 bits per heavy atom. The average molecular weight is 294 g/mol. The molecule has 1 aliphatic carbocycles. The van der Waals surface area contributed by atoms with Crippen molar-refractivity contribution in [1.29, 1.82) is 0 Å². The average Bonchev–Trinajstić information content (AvgIpc) is 2.52. The Bertz CT molecular complexity index is 493. The summed E-state index contributed by atoms with van der Waals surface area (Å²) in [6.07, 6.45) is 4.41. The van der Waals surface area contributed by atoms with E-state index >= 15 is 0 Å². The Morgan fingerprint density at radius 3 is 2.71 bits per heavy atom. The highest BCUT2D eigenvalue weighted by Gasteiger charge is 2.25. The van der Waals surface area contributed by atoms with Crippen LogP contribution >= 0.6 is 0 Å². The number of hydrogen-bond donors (Lipinski definition) is 2. The van der Waals surface area contributed by atoms with Crippen LogP contribution in [0.4, 0.5) is 11.4 Å². The molecule has 1 saturated carbocycles. The molecule has 2 unspecified atom stereocenters. The standard InChI is InChI=1S/C15H22N2O4/c1-21-13-6-7-14(15(8-13)17(19)20)16-9-11-4-2-3-5-12(11)10-18/h6-8,11-12,16,18H,2-5,9-10H2,1H3. The Labute approximate surface area is 124 Å². The fourth-order valence-electron chi connectivity index (χ4n) is 2.97. The molecule has 1 aromatic rings. The summed E-state index contributed by atoms with van der Waals surface area (Å²) in [5, 5.41) is 23.7. The van der Waals surface area contributed by atoms with E-state index in [2.05, 4.69) is 5.32 Å². The van der Waals surface area contributed by atoms with Gasteiger partial charge in [-0.25, -0.2) is 0 Å². The largest absolute Gasteiger partial charge is 0.496 e. The third-order valence-electron chi connectivity index (χ3n) is 4.26. The van der Waals surface area contributed by atoms with Crippen molar-refractivity contribution in [3.05, 3.63) is 28.3 Å².